The van der Waals surface area contributed by atoms with Gasteiger partial charge in [0.05, 0.1) is 0 Å². The number of benzene rings is 2. The summed E-state index contributed by atoms with van der Waals surface area (Å²) in [5, 5.41) is 2.48. The number of pyridine rings is 1. The topological polar surface area (TPSA) is 12.9 Å². The van der Waals surface area contributed by atoms with Crippen LogP contribution in [0.2, 0.25) is 0 Å². The summed E-state index contributed by atoms with van der Waals surface area (Å²) in [6, 6.07) is 20.8. The molecule has 2 aromatic carbocycles. The Kier molecular flexibility index (Phi) is 2.76. The van der Waals surface area contributed by atoms with Crippen molar-refractivity contribution >= 4 is 15.0 Å². The van der Waals surface area contributed by atoms with Crippen LogP contribution in [0, 0.1) is 0 Å². The molecule has 2 heteroatoms. The van der Waals surface area contributed by atoms with E-state index >= 15 is 0 Å². The predicted octanol–water partition coefficient (Wildman–Crippen LogP) is 3.07. The Morgan fingerprint density at radius 2 is 1.53 bits per heavy atom. The third-order valence-corrected chi connectivity index (χ3v) is 3.66. The summed E-state index contributed by atoms with van der Waals surface area (Å²) in [5.74, 6) is 0. The molecule has 3 aromatic rings. The Bertz CT molecular complexity index is 662. The van der Waals surface area contributed by atoms with Gasteiger partial charge in [-0.2, -0.15) is 0 Å². The monoisotopic (exact) mass is 397 g/mol. The summed E-state index contributed by atoms with van der Waals surface area (Å²) in [4.78, 5) is 4.67. The van der Waals surface area contributed by atoms with Gasteiger partial charge in [0.2, 0.25) is 0 Å². The molecule has 0 aliphatic carbocycles. The van der Waals surface area contributed by atoms with Crippen molar-refractivity contribution in [3.05, 3.63) is 60.7 Å². The standard InChI is InChI=1S/C15H10N.Ir/c1-2-6-12(7-3-1)15-10-13-8-4-5-9-14(13)11-16-15;/h1-10H;. The van der Waals surface area contributed by atoms with E-state index in [1.54, 1.807) is 0 Å². The molecule has 0 unspecified atom stereocenters. The molecule has 1 heterocycles. The van der Waals surface area contributed by atoms with Crippen LogP contribution >= 0.6 is 0 Å². The molecular weight excluding hydrogens is 386 g/mol. The summed E-state index contributed by atoms with van der Waals surface area (Å²) in [7, 11) is 0. The molecular formula is C15H10IrN. The van der Waals surface area contributed by atoms with Crippen molar-refractivity contribution < 1.29 is 18.9 Å². The molecule has 0 spiro atoms. The van der Waals surface area contributed by atoms with Gasteiger partial charge < -0.3 is 0 Å². The van der Waals surface area contributed by atoms with Crippen LogP contribution in [0.3, 0.4) is 0 Å². The Hall–Kier alpha value is -1.50. The van der Waals surface area contributed by atoms with E-state index in [4.69, 9.17) is 0 Å². The van der Waals surface area contributed by atoms with Gasteiger partial charge in [0.15, 0.2) is 0 Å². The molecule has 0 aliphatic heterocycles. The number of nitrogens with zero attached hydrogens (tertiary/aromatic N) is 1. The zero-order valence-corrected chi connectivity index (χ0v) is 11.4. The normalized spacial score (nSPS) is 10.7. The zero-order valence-electron chi connectivity index (χ0n) is 9.05. The molecule has 0 fully saturated rings. The number of rotatable bonds is 1. The van der Waals surface area contributed by atoms with E-state index in [1.165, 1.54) is 16.3 Å². The van der Waals surface area contributed by atoms with E-state index < -0.39 is 0 Å². The number of aromatic nitrogens is 1. The molecule has 0 amide bonds. The van der Waals surface area contributed by atoms with Crippen molar-refractivity contribution in [2.24, 2.45) is 0 Å². The van der Waals surface area contributed by atoms with E-state index in [1.807, 2.05) is 18.2 Å². The first-order valence-corrected chi connectivity index (χ1v) is 6.63. The first-order valence-electron chi connectivity index (χ1n) is 5.43. The average molecular weight is 396 g/mol. The molecule has 0 N–H and O–H groups in total. The second kappa shape index (κ2) is 4.40. The van der Waals surface area contributed by atoms with Crippen LogP contribution in [0.5, 0.6) is 0 Å². The van der Waals surface area contributed by atoms with Crippen molar-refractivity contribution in [1.29, 1.82) is 0 Å². The Balaban J connectivity index is 2.26. The molecule has 0 atom stereocenters. The third kappa shape index (κ3) is 2.02. The van der Waals surface area contributed by atoms with E-state index in [-0.39, 0.29) is 0 Å². The van der Waals surface area contributed by atoms with Gasteiger partial charge in [-0.05, 0) is 0 Å². The van der Waals surface area contributed by atoms with Crippen molar-refractivity contribution in [1.82, 2.24) is 4.98 Å². The molecule has 0 radical (unpaired) electrons. The van der Waals surface area contributed by atoms with Crippen LogP contribution in [0.25, 0.3) is 22.0 Å². The average Bonchev–Trinajstić information content (AvgIpc) is 2.40. The molecule has 0 aliphatic rings. The number of hydrogen-bond acceptors (Lipinski definition) is 1. The summed E-state index contributed by atoms with van der Waals surface area (Å²) >= 11 is 2.06. The van der Waals surface area contributed by atoms with Gasteiger partial charge in [-0.1, -0.05) is 0 Å². The number of hydrogen-bond donors (Lipinski definition) is 0. The van der Waals surface area contributed by atoms with Crippen LogP contribution in [0.4, 0.5) is 0 Å². The first-order chi connectivity index (χ1) is 8.34. The molecule has 84 valence electrons. The quantitative estimate of drug-likeness (QED) is 0.616. The van der Waals surface area contributed by atoms with Crippen LogP contribution < -0.4 is 4.21 Å². The molecule has 3 rings (SSSR count). The van der Waals surface area contributed by atoms with E-state index in [0.717, 1.165) is 9.90 Å². The first kappa shape index (κ1) is 10.6. The summed E-state index contributed by atoms with van der Waals surface area (Å²) in [6.45, 7) is 0. The van der Waals surface area contributed by atoms with Crippen molar-refractivity contribution in [2.45, 2.75) is 0 Å². The molecule has 1 aromatic heterocycles. The van der Waals surface area contributed by atoms with E-state index in [9.17, 15) is 0 Å². The van der Waals surface area contributed by atoms with Crippen molar-refractivity contribution in [2.75, 3.05) is 0 Å². The zero-order chi connectivity index (χ0) is 11.7. The Morgan fingerprint density at radius 1 is 0.824 bits per heavy atom. The molecule has 0 saturated carbocycles. The fourth-order valence-corrected chi connectivity index (χ4v) is 2.73. The van der Waals surface area contributed by atoms with Gasteiger partial charge in [-0.25, -0.2) is 0 Å². The van der Waals surface area contributed by atoms with Crippen molar-refractivity contribution in [3.63, 3.8) is 0 Å². The Labute approximate surface area is 111 Å². The summed E-state index contributed by atoms with van der Waals surface area (Å²) < 4.78 is 1.09. The van der Waals surface area contributed by atoms with Gasteiger partial charge in [-0.3, -0.25) is 0 Å². The fraction of sp³-hybridized carbons (Fsp3) is 0. The van der Waals surface area contributed by atoms with Gasteiger partial charge in [0.1, 0.15) is 0 Å². The molecule has 17 heavy (non-hydrogen) atoms. The minimum absolute atomic E-state index is 1.04. The maximum absolute atomic E-state index is 4.67. The van der Waals surface area contributed by atoms with Crippen LogP contribution in [-0.4, -0.2) is 4.98 Å². The van der Waals surface area contributed by atoms with Gasteiger partial charge in [0, 0.05) is 0 Å². The second-order valence-corrected chi connectivity index (χ2v) is 5.00. The van der Waals surface area contributed by atoms with Gasteiger partial charge >= 0.3 is 111 Å². The van der Waals surface area contributed by atoms with Gasteiger partial charge in [-0.15, -0.1) is 0 Å². The van der Waals surface area contributed by atoms with Crippen LogP contribution in [0.1, 0.15) is 0 Å². The molecule has 0 saturated heterocycles. The van der Waals surface area contributed by atoms with E-state index in [2.05, 4.69) is 66.3 Å². The summed E-state index contributed by atoms with van der Waals surface area (Å²) in [5.41, 5.74) is 2.21. The minimum atomic E-state index is 1.04. The predicted molar refractivity (Wildman–Crippen MR) is 66.8 cm³/mol. The van der Waals surface area contributed by atoms with Crippen LogP contribution in [0.15, 0.2) is 60.7 Å². The Morgan fingerprint density at radius 3 is 2.35 bits per heavy atom. The molecule has 0 bridgehead atoms. The fourth-order valence-electron chi connectivity index (χ4n) is 1.90. The van der Waals surface area contributed by atoms with Crippen LogP contribution in [-0.2, 0) is 18.9 Å². The SMILES string of the molecule is [Ir][c]1nc(-c2ccccc2)cc2ccccc12. The summed E-state index contributed by atoms with van der Waals surface area (Å²) in [6.07, 6.45) is 0. The second-order valence-electron chi connectivity index (χ2n) is 3.86. The van der Waals surface area contributed by atoms with Gasteiger partial charge in [0.25, 0.3) is 0 Å². The van der Waals surface area contributed by atoms with Crippen molar-refractivity contribution in [3.8, 4) is 11.3 Å². The third-order valence-electron chi connectivity index (χ3n) is 2.75. The maximum atomic E-state index is 4.67. The molecule has 1 nitrogen and oxygen atoms in total. The number of fused-ring (bicyclic) bond motifs is 1. The van der Waals surface area contributed by atoms with E-state index in [0.29, 0.717) is 0 Å².